The molecule has 0 saturated carbocycles. The third kappa shape index (κ3) is 4.95. The normalized spacial score (nSPS) is 10.7. The van der Waals surface area contributed by atoms with Gasteiger partial charge in [0.25, 0.3) is 5.91 Å². The number of rotatable bonds is 8. The second-order valence-corrected chi connectivity index (χ2v) is 7.44. The van der Waals surface area contributed by atoms with Crippen LogP contribution in [0.3, 0.4) is 0 Å². The molecule has 0 radical (unpaired) electrons. The maximum atomic E-state index is 14.0. The van der Waals surface area contributed by atoms with Crippen molar-refractivity contribution in [2.24, 2.45) is 5.73 Å². The van der Waals surface area contributed by atoms with Gasteiger partial charge in [-0.1, -0.05) is 24.3 Å². The van der Waals surface area contributed by atoms with Crippen LogP contribution in [-0.2, 0) is 13.0 Å². The van der Waals surface area contributed by atoms with E-state index in [1.54, 1.807) is 31.4 Å². The minimum atomic E-state index is -0.765. The van der Waals surface area contributed by atoms with Crippen molar-refractivity contribution >= 4 is 28.4 Å². The van der Waals surface area contributed by atoms with E-state index < -0.39 is 11.7 Å². The summed E-state index contributed by atoms with van der Waals surface area (Å²) in [5.74, 6) is -0.299. The van der Waals surface area contributed by atoms with E-state index >= 15 is 0 Å². The zero-order chi connectivity index (χ0) is 23.4. The summed E-state index contributed by atoms with van der Waals surface area (Å²) in [7, 11) is 1.58. The van der Waals surface area contributed by atoms with Gasteiger partial charge >= 0.3 is 0 Å². The van der Waals surface area contributed by atoms with E-state index in [1.165, 1.54) is 12.4 Å². The number of ether oxygens (including phenoxy) is 1. The summed E-state index contributed by atoms with van der Waals surface area (Å²) in [6.07, 6.45) is 1.54. The number of nitrogens with zero attached hydrogens (tertiary/aromatic N) is 2. The van der Waals surface area contributed by atoms with Crippen LogP contribution < -0.4 is 15.8 Å². The molecule has 3 N–H and O–H groups in total. The zero-order valence-electron chi connectivity index (χ0n) is 17.8. The number of primary amides is 1. The molecule has 0 aliphatic carbocycles. The zero-order valence-corrected chi connectivity index (χ0v) is 17.8. The van der Waals surface area contributed by atoms with Gasteiger partial charge in [-0.15, -0.1) is 0 Å². The molecule has 1 amide bonds. The van der Waals surface area contributed by atoms with Gasteiger partial charge in [-0.2, -0.15) is 0 Å². The Morgan fingerprint density at radius 3 is 2.52 bits per heavy atom. The van der Waals surface area contributed by atoms with Crippen molar-refractivity contribution in [2.45, 2.75) is 13.0 Å². The van der Waals surface area contributed by atoms with Crippen molar-refractivity contribution < 1.29 is 18.7 Å². The Balaban J connectivity index is 1.51. The summed E-state index contributed by atoms with van der Waals surface area (Å²) in [5, 5.41) is 3.51. The van der Waals surface area contributed by atoms with Crippen LogP contribution in [0, 0.1) is 5.82 Å². The van der Waals surface area contributed by atoms with E-state index in [2.05, 4.69) is 15.3 Å². The predicted octanol–water partition coefficient (Wildman–Crippen LogP) is 3.91. The van der Waals surface area contributed by atoms with E-state index in [9.17, 15) is 14.0 Å². The molecule has 166 valence electrons. The number of amides is 1. The molecular weight excluding hydrogens is 423 g/mol. The fourth-order valence-electron chi connectivity index (χ4n) is 3.56. The molecule has 0 unspecified atom stereocenters. The first kappa shape index (κ1) is 21.9. The van der Waals surface area contributed by atoms with Gasteiger partial charge in [-0.3, -0.25) is 9.59 Å². The van der Waals surface area contributed by atoms with Crippen LogP contribution in [0.5, 0.6) is 5.75 Å². The molecule has 8 heteroatoms. The van der Waals surface area contributed by atoms with Crippen LogP contribution in [-0.4, -0.2) is 28.8 Å². The standard InChI is InChI=1S/C25H21FN4O3/c1-33-19-7-5-17(6-8-19)22(31)10-15-3-2-4-16(9-15)13-28-25-21-12-18(26)11-20(24(27)32)23(21)29-14-30-25/h2-9,11-12,14H,10,13H2,1H3,(H2,27,32)(H,28,29,30). The maximum absolute atomic E-state index is 14.0. The lowest BCUT2D eigenvalue weighted by molar-refractivity contribution is 0.0988. The van der Waals surface area contributed by atoms with Crippen LogP contribution >= 0.6 is 0 Å². The van der Waals surface area contributed by atoms with E-state index in [1.807, 2.05) is 24.3 Å². The highest BCUT2D eigenvalue weighted by Crippen LogP contribution is 2.24. The summed E-state index contributed by atoms with van der Waals surface area (Å²) in [6.45, 7) is 0.374. The van der Waals surface area contributed by atoms with Crippen molar-refractivity contribution in [2.75, 3.05) is 12.4 Å². The largest absolute Gasteiger partial charge is 0.497 e. The van der Waals surface area contributed by atoms with Crippen LogP contribution in [0.1, 0.15) is 31.8 Å². The van der Waals surface area contributed by atoms with E-state index in [-0.39, 0.29) is 23.3 Å². The number of benzene rings is 3. The van der Waals surface area contributed by atoms with Gasteiger partial charge in [0.1, 0.15) is 23.7 Å². The van der Waals surface area contributed by atoms with E-state index in [4.69, 9.17) is 10.5 Å². The van der Waals surface area contributed by atoms with Gasteiger partial charge in [0, 0.05) is 23.9 Å². The molecule has 4 rings (SSSR count). The highest BCUT2D eigenvalue weighted by Gasteiger charge is 2.14. The number of methoxy groups -OCH3 is 1. The third-order valence-corrected chi connectivity index (χ3v) is 5.20. The number of Topliss-reactive ketones (excluding diaryl/α,β-unsaturated/α-hetero) is 1. The average Bonchev–Trinajstić information content (AvgIpc) is 2.82. The average molecular weight is 444 g/mol. The molecule has 1 aromatic heterocycles. The fraction of sp³-hybridized carbons (Fsp3) is 0.120. The summed E-state index contributed by atoms with van der Waals surface area (Å²) in [6, 6.07) is 16.9. The number of halogens is 1. The fourth-order valence-corrected chi connectivity index (χ4v) is 3.56. The lowest BCUT2D eigenvalue weighted by Crippen LogP contribution is -2.13. The Kier molecular flexibility index (Phi) is 6.26. The molecule has 0 saturated heterocycles. The second-order valence-electron chi connectivity index (χ2n) is 7.44. The Labute approximate surface area is 189 Å². The molecule has 4 aromatic rings. The lowest BCUT2D eigenvalue weighted by atomic mass is 10.0. The number of nitrogens with one attached hydrogen (secondary N) is 1. The van der Waals surface area contributed by atoms with Gasteiger partial charge in [-0.05, 0) is 47.5 Å². The van der Waals surface area contributed by atoms with Gasteiger partial charge in [0.05, 0.1) is 18.2 Å². The Morgan fingerprint density at radius 2 is 1.79 bits per heavy atom. The Bertz CT molecular complexity index is 1340. The monoisotopic (exact) mass is 444 g/mol. The number of ketones is 1. The number of carbonyl (C=O) groups is 2. The predicted molar refractivity (Wildman–Crippen MR) is 123 cm³/mol. The van der Waals surface area contributed by atoms with Crippen LogP contribution in [0.25, 0.3) is 10.9 Å². The molecule has 0 atom stereocenters. The molecule has 0 aliphatic rings. The topological polar surface area (TPSA) is 107 Å². The van der Waals surface area contributed by atoms with Crippen LogP contribution in [0.4, 0.5) is 10.2 Å². The van der Waals surface area contributed by atoms with Crippen molar-refractivity contribution in [1.82, 2.24) is 9.97 Å². The first-order chi connectivity index (χ1) is 15.9. The number of hydrogen-bond acceptors (Lipinski definition) is 6. The molecule has 0 bridgehead atoms. The highest BCUT2D eigenvalue weighted by atomic mass is 19.1. The highest BCUT2D eigenvalue weighted by molar-refractivity contribution is 6.07. The van der Waals surface area contributed by atoms with Gasteiger partial charge in [-0.25, -0.2) is 14.4 Å². The Hall–Kier alpha value is -4.33. The molecule has 7 nitrogen and oxygen atoms in total. The van der Waals surface area contributed by atoms with Crippen molar-refractivity contribution in [3.63, 3.8) is 0 Å². The van der Waals surface area contributed by atoms with Gasteiger partial charge in [0.2, 0.25) is 0 Å². The quantitative estimate of drug-likeness (QED) is 0.399. The van der Waals surface area contributed by atoms with Crippen LogP contribution in [0.15, 0.2) is 67.0 Å². The smallest absolute Gasteiger partial charge is 0.251 e. The van der Waals surface area contributed by atoms with Crippen molar-refractivity contribution in [3.8, 4) is 5.75 Å². The molecule has 0 spiro atoms. The number of fused-ring (bicyclic) bond motifs is 1. The first-order valence-corrected chi connectivity index (χ1v) is 10.2. The number of nitrogens with two attached hydrogens (primary N) is 1. The molecule has 3 aromatic carbocycles. The van der Waals surface area contributed by atoms with Crippen molar-refractivity contribution in [3.05, 3.63) is 95.1 Å². The maximum Gasteiger partial charge on any atom is 0.251 e. The van der Waals surface area contributed by atoms with E-state index in [0.717, 1.165) is 17.2 Å². The summed E-state index contributed by atoms with van der Waals surface area (Å²) < 4.78 is 19.2. The molecule has 1 heterocycles. The third-order valence-electron chi connectivity index (χ3n) is 5.20. The summed E-state index contributed by atoms with van der Waals surface area (Å²) in [4.78, 5) is 32.5. The molecule has 33 heavy (non-hydrogen) atoms. The number of anilines is 1. The van der Waals surface area contributed by atoms with Gasteiger partial charge < -0.3 is 15.8 Å². The number of aromatic nitrogens is 2. The molecular formula is C25H21FN4O3. The number of hydrogen-bond donors (Lipinski definition) is 2. The Morgan fingerprint density at radius 1 is 1.03 bits per heavy atom. The minimum absolute atomic E-state index is 0.000914. The second kappa shape index (κ2) is 9.44. The van der Waals surface area contributed by atoms with Crippen LogP contribution in [0.2, 0.25) is 0 Å². The lowest BCUT2D eigenvalue weighted by Gasteiger charge is -2.11. The van der Waals surface area contributed by atoms with E-state index in [0.29, 0.717) is 29.1 Å². The summed E-state index contributed by atoms with van der Waals surface area (Å²) >= 11 is 0. The number of carbonyl (C=O) groups excluding carboxylic acids is 2. The molecule has 0 aliphatic heterocycles. The van der Waals surface area contributed by atoms with Gasteiger partial charge in [0.15, 0.2) is 5.78 Å². The molecule has 0 fully saturated rings. The minimum Gasteiger partial charge on any atom is -0.497 e. The SMILES string of the molecule is COc1ccc(C(=O)Cc2cccc(CNc3ncnc4c(C(N)=O)cc(F)cc34)c2)cc1. The summed E-state index contributed by atoms with van der Waals surface area (Å²) in [5.41, 5.74) is 8.02. The van der Waals surface area contributed by atoms with Crippen molar-refractivity contribution in [1.29, 1.82) is 0 Å². The first-order valence-electron chi connectivity index (χ1n) is 10.2.